The summed E-state index contributed by atoms with van der Waals surface area (Å²) in [5.74, 6) is 1.73. The molecule has 38 heavy (non-hydrogen) atoms. The van der Waals surface area contributed by atoms with Crippen molar-refractivity contribution < 1.29 is 4.79 Å². The Morgan fingerprint density at radius 1 is 1.08 bits per heavy atom. The quantitative estimate of drug-likeness (QED) is 0.394. The maximum atomic E-state index is 13.8. The van der Waals surface area contributed by atoms with Crippen molar-refractivity contribution in [3.8, 4) is 22.5 Å². The average Bonchev–Trinajstić information content (AvgIpc) is 3.67. The number of H-pyrrole nitrogens is 1. The monoisotopic (exact) mass is 535 g/mol. The molecule has 0 spiro atoms. The minimum Gasteiger partial charge on any atom is -0.319 e. The normalized spacial score (nSPS) is 19.1. The average molecular weight is 536 g/mol. The number of amides is 2. The lowest BCUT2D eigenvalue weighted by molar-refractivity contribution is 0.137. The van der Waals surface area contributed by atoms with E-state index in [4.69, 9.17) is 4.98 Å². The fourth-order valence-corrected chi connectivity index (χ4v) is 5.62. The summed E-state index contributed by atoms with van der Waals surface area (Å²) in [5.41, 5.74) is 3.61. The summed E-state index contributed by atoms with van der Waals surface area (Å²) in [6, 6.07) is 10.4. The first-order valence-electron chi connectivity index (χ1n) is 13.2. The lowest BCUT2D eigenvalue weighted by atomic mass is 10.0. The van der Waals surface area contributed by atoms with Crippen molar-refractivity contribution in [3.63, 3.8) is 0 Å². The van der Waals surface area contributed by atoms with Crippen molar-refractivity contribution in [1.29, 1.82) is 0 Å². The zero-order valence-corrected chi connectivity index (χ0v) is 22.8. The van der Waals surface area contributed by atoms with Gasteiger partial charge in [-0.1, -0.05) is 45.0 Å². The summed E-state index contributed by atoms with van der Waals surface area (Å²) in [4.78, 5) is 29.5. The van der Waals surface area contributed by atoms with Crippen LogP contribution in [0.5, 0.6) is 0 Å². The maximum Gasteiger partial charge on any atom is 0.326 e. The molecule has 1 unspecified atom stereocenters. The molecule has 10 nitrogen and oxygen atoms in total. The lowest BCUT2D eigenvalue weighted by Gasteiger charge is -2.36. The van der Waals surface area contributed by atoms with Crippen LogP contribution in [0.15, 0.2) is 49.1 Å². The molecule has 0 aliphatic carbocycles. The second-order valence-electron chi connectivity index (χ2n) is 10.3. The number of anilines is 1. The van der Waals surface area contributed by atoms with Crippen LogP contribution in [0.4, 0.5) is 10.6 Å². The van der Waals surface area contributed by atoms with Gasteiger partial charge >= 0.3 is 6.03 Å². The van der Waals surface area contributed by atoms with Crippen LogP contribution in [0.1, 0.15) is 33.6 Å². The molecule has 2 fully saturated rings. The van der Waals surface area contributed by atoms with Crippen LogP contribution in [0.2, 0.25) is 0 Å². The Balaban J connectivity index is 0.00000294. The Morgan fingerprint density at radius 2 is 1.82 bits per heavy atom. The first-order valence-corrected chi connectivity index (χ1v) is 13.2. The van der Waals surface area contributed by atoms with Crippen LogP contribution in [0.3, 0.4) is 0 Å². The number of carbonyl (C=O) groups is 1. The predicted molar refractivity (Wildman–Crippen MR) is 149 cm³/mol. The standard InChI is InChI=1S/C27H33N9O.ClH/c1-4-33-12-9-21(10-13-33)34-16-23(18(2)3)36(27(34)37)24-11-14-35-26(31-24)22(15-30-35)19-5-7-20(8-6-19)25-28-17-29-32-25;/h5-8,11,14-15,17-18,21,23H,4,9-10,12-13,16H2,1-3H3,(H,28,29,32);1H. The summed E-state index contributed by atoms with van der Waals surface area (Å²) in [6.07, 6.45) is 7.29. The number of rotatable bonds is 6. The van der Waals surface area contributed by atoms with Gasteiger partial charge in [0.25, 0.3) is 0 Å². The summed E-state index contributed by atoms with van der Waals surface area (Å²) in [7, 11) is 0. The lowest BCUT2D eigenvalue weighted by Crippen LogP contribution is -2.46. The fourth-order valence-electron chi connectivity index (χ4n) is 5.62. The Labute approximate surface area is 228 Å². The van der Waals surface area contributed by atoms with Gasteiger partial charge in [0, 0.05) is 43.0 Å². The SMILES string of the molecule is CCN1CCC(N2CC(C(C)C)N(c3ccn4ncc(-c5ccc(-c6ncn[nH]6)cc5)c4n3)C2=O)CC1.Cl. The molecule has 5 heterocycles. The molecule has 1 atom stereocenters. The van der Waals surface area contributed by atoms with E-state index in [1.54, 1.807) is 4.52 Å². The highest BCUT2D eigenvalue weighted by atomic mass is 35.5. The minimum absolute atomic E-state index is 0. The van der Waals surface area contributed by atoms with Gasteiger partial charge in [-0.05, 0) is 36.9 Å². The van der Waals surface area contributed by atoms with E-state index in [1.807, 2.05) is 47.6 Å². The molecule has 0 radical (unpaired) electrons. The highest BCUT2D eigenvalue weighted by Gasteiger charge is 2.43. The molecule has 3 aromatic heterocycles. The summed E-state index contributed by atoms with van der Waals surface area (Å²) in [5, 5.41) is 11.3. The molecule has 2 amide bonds. The van der Waals surface area contributed by atoms with Crippen molar-refractivity contribution in [2.24, 2.45) is 5.92 Å². The molecule has 200 valence electrons. The molecular formula is C27H34ClN9O. The number of hydrogen-bond acceptors (Lipinski definition) is 6. The van der Waals surface area contributed by atoms with E-state index in [0.29, 0.717) is 17.8 Å². The molecular weight excluding hydrogens is 502 g/mol. The van der Waals surface area contributed by atoms with E-state index in [9.17, 15) is 4.79 Å². The Morgan fingerprint density at radius 3 is 2.47 bits per heavy atom. The van der Waals surface area contributed by atoms with Crippen LogP contribution in [0, 0.1) is 5.92 Å². The Kier molecular flexibility index (Phi) is 7.36. The van der Waals surface area contributed by atoms with Crippen LogP contribution >= 0.6 is 12.4 Å². The van der Waals surface area contributed by atoms with Crippen LogP contribution in [0.25, 0.3) is 28.2 Å². The summed E-state index contributed by atoms with van der Waals surface area (Å²) in [6.45, 7) is 10.5. The molecule has 1 aromatic carbocycles. The Bertz CT molecular complexity index is 1380. The number of fused-ring (bicyclic) bond motifs is 1. The number of halogens is 1. The van der Waals surface area contributed by atoms with Gasteiger partial charge in [-0.3, -0.25) is 10.00 Å². The number of likely N-dealkylation sites (tertiary alicyclic amines) is 1. The van der Waals surface area contributed by atoms with Crippen molar-refractivity contribution in [3.05, 3.63) is 49.1 Å². The zero-order valence-electron chi connectivity index (χ0n) is 22.0. The second kappa shape index (κ2) is 10.7. The van der Waals surface area contributed by atoms with E-state index in [-0.39, 0.29) is 24.5 Å². The molecule has 2 aliphatic rings. The number of benzene rings is 1. The van der Waals surface area contributed by atoms with Crippen molar-refractivity contribution in [2.45, 2.75) is 45.7 Å². The van der Waals surface area contributed by atoms with Crippen LogP contribution < -0.4 is 4.90 Å². The molecule has 2 aliphatic heterocycles. The third-order valence-corrected chi connectivity index (χ3v) is 7.87. The minimum atomic E-state index is 0. The van der Waals surface area contributed by atoms with Gasteiger partial charge in [0.15, 0.2) is 11.5 Å². The number of aromatic nitrogens is 6. The van der Waals surface area contributed by atoms with Crippen molar-refractivity contribution in [2.75, 3.05) is 31.1 Å². The number of aromatic amines is 1. The highest BCUT2D eigenvalue weighted by Crippen LogP contribution is 2.33. The number of urea groups is 1. The highest BCUT2D eigenvalue weighted by molar-refractivity contribution is 5.95. The number of nitrogens with one attached hydrogen (secondary N) is 1. The predicted octanol–water partition coefficient (Wildman–Crippen LogP) is 4.35. The smallest absolute Gasteiger partial charge is 0.319 e. The molecule has 2 saturated heterocycles. The summed E-state index contributed by atoms with van der Waals surface area (Å²) >= 11 is 0. The maximum absolute atomic E-state index is 13.8. The third-order valence-electron chi connectivity index (χ3n) is 7.87. The molecule has 6 rings (SSSR count). The van der Waals surface area contributed by atoms with E-state index in [0.717, 1.165) is 67.2 Å². The second-order valence-corrected chi connectivity index (χ2v) is 10.3. The van der Waals surface area contributed by atoms with Gasteiger partial charge < -0.3 is 9.80 Å². The number of piperidine rings is 1. The van der Waals surface area contributed by atoms with E-state index in [2.05, 4.69) is 50.9 Å². The zero-order chi connectivity index (χ0) is 25.5. The molecule has 4 aromatic rings. The fraction of sp³-hybridized carbons (Fsp3) is 0.444. The third kappa shape index (κ3) is 4.63. The largest absolute Gasteiger partial charge is 0.326 e. The van der Waals surface area contributed by atoms with Gasteiger partial charge in [-0.2, -0.15) is 10.2 Å². The van der Waals surface area contributed by atoms with Gasteiger partial charge in [-0.25, -0.2) is 19.3 Å². The van der Waals surface area contributed by atoms with Crippen molar-refractivity contribution in [1.82, 2.24) is 39.6 Å². The van der Waals surface area contributed by atoms with E-state index < -0.39 is 0 Å². The topological polar surface area (TPSA) is 98.6 Å². The number of carbonyl (C=O) groups excluding carboxylic acids is 1. The molecule has 0 saturated carbocycles. The van der Waals surface area contributed by atoms with E-state index >= 15 is 0 Å². The van der Waals surface area contributed by atoms with Gasteiger partial charge in [0.2, 0.25) is 0 Å². The van der Waals surface area contributed by atoms with Gasteiger partial charge in [-0.15, -0.1) is 12.4 Å². The molecule has 0 bridgehead atoms. The van der Waals surface area contributed by atoms with Crippen LogP contribution in [-0.4, -0.2) is 83.9 Å². The van der Waals surface area contributed by atoms with Crippen molar-refractivity contribution >= 4 is 29.9 Å². The molecule has 11 heteroatoms. The number of hydrogen-bond donors (Lipinski definition) is 1. The first-order chi connectivity index (χ1) is 18.0. The van der Waals surface area contributed by atoms with Gasteiger partial charge in [0.05, 0.1) is 12.2 Å². The Hall–Kier alpha value is -3.50. The molecule has 1 N–H and O–H groups in total. The first kappa shape index (κ1) is 26.1. The number of nitrogens with zero attached hydrogens (tertiary/aromatic N) is 8. The van der Waals surface area contributed by atoms with Crippen LogP contribution in [-0.2, 0) is 0 Å². The summed E-state index contributed by atoms with van der Waals surface area (Å²) < 4.78 is 1.77. The van der Waals surface area contributed by atoms with E-state index in [1.165, 1.54) is 6.33 Å². The van der Waals surface area contributed by atoms with Gasteiger partial charge in [0.1, 0.15) is 12.1 Å².